The first-order valence-corrected chi connectivity index (χ1v) is 9.15. The number of anilines is 2. The van der Waals surface area contributed by atoms with Crippen molar-refractivity contribution in [2.75, 3.05) is 12.4 Å². The molecule has 7 nitrogen and oxygen atoms in total. The molecule has 148 valence electrons. The highest BCUT2D eigenvalue weighted by atomic mass is 35.5. The zero-order chi connectivity index (χ0) is 20.5. The van der Waals surface area contributed by atoms with Crippen LogP contribution in [0.1, 0.15) is 5.69 Å². The van der Waals surface area contributed by atoms with Gasteiger partial charge in [-0.25, -0.2) is 14.1 Å². The van der Waals surface area contributed by atoms with Crippen molar-refractivity contribution in [3.05, 3.63) is 65.5 Å². The van der Waals surface area contributed by atoms with E-state index in [1.807, 2.05) is 35.9 Å². The first-order valence-electron chi connectivity index (χ1n) is 8.77. The van der Waals surface area contributed by atoms with Gasteiger partial charge in [-0.3, -0.25) is 0 Å². The Morgan fingerprint density at radius 3 is 2.76 bits per heavy atom. The molecule has 0 aliphatic heterocycles. The minimum Gasteiger partial charge on any atom is -0.495 e. The van der Waals surface area contributed by atoms with Crippen molar-refractivity contribution in [2.45, 2.75) is 6.92 Å². The molecule has 0 spiro atoms. The molecule has 0 saturated carbocycles. The molecule has 2 heterocycles. The van der Waals surface area contributed by atoms with E-state index in [4.69, 9.17) is 16.3 Å². The van der Waals surface area contributed by atoms with Crippen LogP contribution in [0.25, 0.3) is 17.1 Å². The van der Waals surface area contributed by atoms with Crippen LogP contribution >= 0.6 is 11.6 Å². The Labute approximate surface area is 171 Å². The molecule has 2 aromatic heterocycles. The summed E-state index contributed by atoms with van der Waals surface area (Å²) in [4.78, 5) is 8.76. The number of rotatable bonds is 5. The van der Waals surface area contributed by atoms with E-state index in [1.165, 1.54) is 6.07 Å². The second kappa shape index (κ2) is 7.56. The Morgan fingerprint density at radius 2 is 2.03 bits per heavy atom. The van der Waals surface area contributed by atoms with Crippen LogP contribution in [0.4, 0.5) is 16.0 Å². The summed E-state index contributed by atoms with van der Waals surface area (Å²) >= 11 is 6.02. The fourth-order valence-corrected chi connectivity index (χ4v) is 3.09. The molecule has 9 heteroatoms. The van der Waals surface area contributed by atoms with Crippen LogP contribution in [0, 0.1) is 12.7 Å². The number of aryl methyl sites for hydroxylation is 2. The molecule has 0 fully saturated rings. The predicted octanol–water partition coefficient (Wildman–Crippen LogP) is 4.52. The highest BCUT2D eigenvalue weighted by Crippen LogP contribution is 2.31. The molecular weight excluding hydrogens is 395 g/mol. The summed E-state index contributed by atoms with van der Waals surface area (Å²) in [5.74, 6) is 1.08. The minimum atomic E-state index is -0.505. The van der Waals surface area contributed by atoms with E-state index in [0.717, 1.165) is 16.9 Å². The Kier molecular flexibility index (Phi) is 4.94. The van der Waals surface area contributed by atoms with Gasteiger partial charge >= 0.3 is 0 Å². The maximum absolute atomic E-state index is 13.7. The predicted molar refractivity (Wildman–Crippen MR) is 110 cm³/mol. The third kappa shape index (κ3) is 3.66. The van der Waals surface area contributed by atoms with Gasteiger partial charge in [0.05, 0.1) is 35.5 Å². The van der Waals surface area contributed by atoms with Gasteiger partial charge in [-0.05, 0) is 37.3 Å². The first-order chi connectivity index (χ1) is 14.0. The fourth-order valence-electron chi connectivity index (χ4n) is 2.92. The van der Waals surface area contributed by atoms with Crippen molar-refractivity contribution < 1.29 is 9.13 Å². The average Bonchev–Trinajstić information content (AvgIpc) is 3.31. The van der Waals surface area contributed by atoms with Gasteiger partial charge in [-0.1, -0.05) is 17.7 Å². The first kappa shape index (κ1) is 18.9. The summed E-state index contributed by atoms with van der Waals surface area (Å²) in [6.45, 7) is 1.93. The molecule has 0 aliphatic rings. The number of ether oxygens (including phenoxy) is 1. The van der Waals surface area contributed by atoms with Crippen molar-refractivity contribution in [1.82, 2.24) is 24.3 Å². The number of nitrogens with zero attached hydrogens (tertiary/aromatic N) is 5. The van der Waals surface area contributed by atoms with Gasteiger partial charge in [0.2, 0.25) is 5.95 Å². The van der Waals surface area contributed by atoms with Gasteiger partial charge < -0.3 is 14.6 Å². The molecule has 29 heavy (non-hydrogen) atoms. The van der Waals surface area contributed by atoms with E-state index in [9.17, 15) is 4.39 Å². The molecular formula is C20H18ClFN6O. The van der Waals surface area contributed by atoms with Crippen molar-refractivity contribution in [3.63, 3.8) is 0 Å². The summed E-state index contributed by atoms with van der Waals surface area (Å²) in [7, 11) is 3.35. The molecule has 0 radical (unpaired) electrons. The molecule has 0 atom stereocenters. The largest absolute Gasteiger partial charge is 0.495 e. The van der Waals surface area contributed by atoms with Crippen molar-refractivity contribution in [3.8, 4) is 22.8 Å². The van der Waals surface area contributed by atoms with Crippen LogP contribution in [0.15, 0.2) is 48.9 Å². The van der Waals surface area contributed by atoms with E-state index >= 15 is 0 Å². The van der Waals surface area contributed by atoms with Gasteiger partial charge in [0.1, 0.15) is 11.6 Å². The van der Waals surface area contributed by atoms with Gasteiger partial charge in [-0.15, -0.1) is 5.10 Å². The Morgan fingerprint density at radius 1 is 1.21 bits per heavy atom. The van der Waals surface area contributed by atoms with Gasteiger partial charge in [0.25, 0.3) is 0 Å². The fraction of sp³-hybridized carbons (Fsp3) is 0.150. The zero-order valence-corrected chi connectivity index (χ0v) is 16.8. The zero-order valence-electron chi connectivity index (χ0n) is 16.0. The summed E-state index contributed by atoms with van der Waals surface area (Å²) in [5, 5.41) is 7.46. The van der Waals surface area contributed by atoms with Crippen molar-refractivity contribution in [1.29, 1.82) is 0 Å². The highest BCUT2D eigenvalue weighted by molar-refractivity contribution is 6.33. The van der Waals surface area contributed by atoms with Gasteiger partial charge in [0, 0.05) is 18.8 Å². The van der Waals surface area contributed by atoms with Crippen LogP contribution in [0.2, 0.25) is 5.02 Å². The molecule has 0 amide bonds. The normalized spacial score (nSPS) is 10.9. The number of halogens is 2. The van der Waals surface area contributed by atoms with Crippen molar-refractivity contribution >= 4 is 23.2 Å². The van der Waals surface area contributed by atoms with Crippen LogP contribution in [-0.4, -0.2) is 31.4 Å². The van der Waals surface area contributed by atoms with E-state index in [1.54, 1.807) is 37.3 Å². The van der Waals surface area contributed by atoms with Crippen LogP contribution in [0.5, 0.6) is 5.75 Å². The molecule has 0 unspecified atom stereocenters. The van der Waals surface area contributed by atoms with E-state index in [2.05, 4.69) is 20.4 Å². The monoisotopic (exact) mass is 412 g/mol. The number of hydrogen-bond donors (Lipinski definition) is 1. The smallest absolute Gasteiger partial charge is 0.225 e. The lowest BCUT2D eigenvalue weighted by Gasteiger charge is -2.10. The number of methoxy groups -OCH3 is 1. The number of imidazole rings is 1. The molecule has 0 aliphatic carbocycles. The summed E-state index contributed by atoms with van der Waals surface area (Å²) in [6, 6.07) is 10.2. The van der Waals surface area contributed by atoms with E-state index in [-0.39, 0.29) is 5.02 Å². The lowest BCUT2D eigenvalue weighted by atomic mass is 10.1. The Bertz CT molecular complexity index is 1190. The molecule has 1 N–H and O–H groups in total. The topological polar surface area (TPSA) is 69.8 Å². The molecule has 4 aromatic rings. The summed E-state index contributed by atoms with van der Waals surface area (Å²) < 4.78 is 22.7. The third-order valence-electron chi connectivity index (χ3n) is 4.39. The lowest BCUT2D eigenvalue weighted by Crippen LogP contribution is -2.01. The number of hydrogen-bond acceptors (Lipinski definition) is 5. The standard InChI is InChI=1S/C20H18ClFN6O/c1-12-10-28(11-23-12)16-8-7-13(9-17(16)29-3)19-25-20(27(2)26-19)24-15-6-4-5-14(22)18(15)21/h4-11H,1-3H3,(H,24,25,26). The lowest BCUT2D eigenvalue weighted by molar-refractivity contribution is 0.413. The van der Waals surface area contributed by atoms with Crippen LogP contribution in [0.3, 0.4) is 0 Å². The van der Waals surface area contributed by atoms with Crippen molar-refractivity contribution in [2.24, 2.45) is 7.05 Å². The van der Waals surface area contributed by atoms with E-state index < -0.39 is 5.82 Å². The van der Waals surface area contributed by atoms with Gasteiger partial charge in [0.15, 0.2) is 5.82 Å². The summed E-state index contributed by atoms with van der Waals surface area (Å²) in [5.41, 5.74) is 2.96. The number of nitrogens with one attached hydrogen (secondary N) is 1. The average molecular weight is 413 g/mol. The molecule has 0 saturated heterocycles. The minimum absolute atomic E-state index is 0.00121. The Balaban J connectivity index is 1.67. The molecule has 0 bridgehead atoms. The Hall–Kier alpha value is -3.39. The summed E-state index contributed by atoms with van der Waals surface area (Å²) in [6.07, 6.45) is 3.65. The van der Waals surface area contributed by atoms with Crippen LogP contribution < -0.4 is 10.1 Å². The molecule has 2 aromatic carbocycles. The molecule has 4 rings (SSSR count). The van der Waals surface area contributed by atoms with E-state index in [0.29, 0.717) is 23.2 Å². The third-order valence-corrected chi connectivity index (χ3v) is 4.77. The maximum atomic E-state index is 13.7. The van der Waals surface area contributed by atoms with Gasteiger partial charge in [-0.2, -0.15) is 4.98 Å². The highest BCUT2D eigenvalue weighted by Gasteiger charge is 2.15. The maximum Gasteiger partial charge on any atom is 0.225 e. The number of benzene rings is 2. The van der Waals surface area contributed by atoms with Crippen LogP contribution in [-0.2, 0) is 7.05 Å². The second-order valence-electron chi connectivity index (χ2n) is 6.42. The SMILES string of the molecule is COc1cc(-c2nc(Nc3cccc(F)c3Cl)n(C)n2)ccc1-n1cnc(C)c1. The quantitative estimate of drug-likeness (QED) is 0.522. The second-order valence-corrected chi connectivity index (χ2v) is 6.80. The number of aromatic nitrogens is 5.